The number of aromatic nitrogens is 2. The fourth-order valence-corrected chi connectivity index (χ4v) is 3.08. The summed E-state index contributed by atoms with van der Waals surface area (Å²) in [5.41, 5.74) is 6.55. The van der Waals surface area contributed by atoms with E-state index in [0.29, 0.717) is 23.0 Å². The smallest absolute Gasteiger partial charge is 0.275 e. The zero-order valence-corrected chi connectivity index (χ0v) is 15.4. The fraction of sp³-hybridized carbons (Fsp3) is 0.222. The van der Waals surface area contributed by atoms with Gasteiger partial charge in [-0.2, -0.15) is 4.98 Å². The fourth-order valence-electron chi connectivity index (χ4n) is 2.15. The molecule has 1 atom stereocenters. The second kappa shape index (κ2) is 8.48. The summed E-state index contributed by atoms with van der Waals surface area (Å²) in [5, 5.41) is 2.60. The molecule has 8 heteroatoms. The Balaban J connectivity index is 2.13. The van der Waals surface area contributed by atoms with Gasteiger partial charge in [-0.1, -0.05) is 17.8 Å². The summed E-state index contributed by atoms with van der Waals surface area (Å²) in [6.45, 7) is 7.22. The molecule has 0 saturated carbocycles. The molecule has 0 radical (unpaired) electrons. The molecule has 136 valence electrons. The lowest BCUT2D eigenvalue weighted by Crippen LogP contribution is -2.25. The molecule has 0 bridgehead atoms. The van der Waals surface area contributed by atoms with Crippen molar-refractivity contribution in [3.05, 3.63) is 58.9 Å². The molecule has 1 amide bonds. The minimum atomic E-state index is -0.521. The maximum atomic E-state index is 12.4. The van der Waals surface area contributed by atoms with Gasteiger partial charge in [0, 0.05) is 23.9 Å². The SMILES string of the molecule is C=CCn1c(N)cc(=O)nc1S[C@@H](C)C(=O)Nc1ccc(C(C)=O)cc1. The van der Waals surface area contributed by atoms with E-state index >= 15 is 0 Å². The van der Waals surface area contributed by atoms with Crippen molar-refractivity contribution in [1.82, 2.24) is 9.55 Å². The molecular formula is C18H20N4O3S. The number of nitrogens with two attached hydrogens (primary N) is 1. The molecule has 3 N–H and O–H groups in total. The van der Waals surface area contributed by atoms with Crippen molar-refractivity contribution in [2.24, 2.45) is 0 Å². The van der Waals surface area contributed by atoms with E-state index in [4.69, 9.17) is 5.73 Å². The minimum Gasteiger partial charge on any atom is -0.385 e. The monoisotopic (exact) mass is 372 g/mol. The number of carbonyl (C=O) groups is 2. The number of nitrogens with one attached hydrogen (secondary N) is 1. The number of nitrogen functional groups attached to an aromatic ring is 1. The van der Waals surface area contributed by atoms with E-state index in [1.165, 1.54) is 13.0 Å². The van der Waals surface area contributed by atoms with Crippen LogP contribution in [-0.4, -0.2) is 26.5 Å². The van der Waals surface area contributed by atoms with Crippen molar-refractivity contribution in [3.8, 4) is 0 Å². The van der Waals surface area contributed by atoms with Gasteiger partial charge in [-0.3, -0.25) is 14.4 Å². The molecule has 2 aromatic rings. The van der Waals surface area contributed by atoms with Gasteiger partial charge in [0.05, 0.1) is 5.25 Å². The summed E-state index contributed by atoms with van der Waals surface area (Å²) >= 11 is 1.13. The third kappa shape index (κ3) is 4.82. The van der Waals surface area contributed by atoms with E-state index in [2.05, 4.69) is 16.9 Å². The number of allylic oxidation sites excluding steroid dienone is 1. The van der Waals surface area contributed by atoms with Crippen LogP contribution in [0.1, 0.15) is 24.2 Å². The molecule has 0 aliphatic carbocycles. The number of anilines is 2. The van der Waals surface area contributed by atoms with Crippen LogP contribution < -0.4 is 16.6 Å². The third-order valence-corrected chi connectivity index (χ3v) is 4.63. The van der Waals surface area contributed by atoms with Crippen molar-refractivity contribution >= 4 is 35.0 Å². The van der Waals surface area contributed by atoms with E-state index < -0.39 is 10.8 Å². The summed E-state index contributed by atoms with van der Waals surface area (Å²) in [7, 11) is 0. The van der Waals surface area contributed by atoms with Crippen LogP contribution in [0.3, 0.4) is 0 Å². The molecular weight excluding hydrogens is 352 g/mol. The van der Waals surface area contributed by atoms with Crippen LogP contribution in [0.25, 0.3) is 0 Å². The van der Waals surface area contributed by atoms with Crippen molar-refractivity contribution in [1.29, 1.82) is 0 Å². The maximum absolute atomic E-state index is 12.4. The average molecular weight is 372 g/mol. The first-order valence-corrected chi connectivity index (χ1v) is 8.76. The molecule has 1 heterocycles. The minimum absolute atomic E-state index is 0.0419. The van der Waals surface area contributed by atoms with Crippen molar-refractivity contribution in [3.63, 3.8) is 0 Å². The molecule has 0 fully saturated rings. The predicted molar refractivity (Wildman–Crippen MR) is 104 cm³/mol. The van der Waals surface area contributed by atoms with Gasteiger partial charge in [0.25, 0.3) is 5.56 Å². The highest BCUT2D eigenvalue weighted by molar-refractivity contribution is 8.00. The van der Waals surface area contributed by atoms with Crippen molar-refractivity contribution < 1.29 is 9.59 Å². The van der Waals surface area contributed by atoms with Gasteiger partial charge in [-0.15, -0.1) is 6.58 Å². The van der Waals surface area contributed by atoms with Crippen LogP contribution in [0.2, 0.25) is 0 Å². The molecule has 0 unspecified atom stereocenters. The Morgan fingerprint density at radius 1 is 1.38 bits per heavy atom. The Morgan fingerprint density at radius 3 is 2.62 bits per heavy atom. The molecule has 0 aliphatic rings. The first-order chi connectivity index (χ1) is 12.3. The Morgan fingerprint density at radius 2 is 2.04 bits per heavy atom. The molecule has 0 spiro atoms. The zero-order chi connectivity index (χ0) is 19.3. The van der Waals surface area contributed by atoms with Crippen LogP contribution in [0.5, 0.6) is 0 Å². The Kier molecular flexibility index (Phi) is 6.35. The van der Waals surface area contributed by atoms with Gasteiger partial charge in [0.1, 0.15) is 5.82 Å². The molecule has 1 aromatic heterocycles. The normalized spacial score (nSPS) is 11.6. The summed E-state index contributed by atoms with van der Waals surface area (Å²) in [4.78, 5) is 39.3. The largest absolute Gasteiger partial charge is 0.385 e. The number of Topliss-reactive ketones (excluding diaryl/α,β-unsaturated/α-hetero) is 1. The highest BCUT2D eigenvalue weighted by Crippen LogP contribution is 2.23. The molecule has 26 heavy (non-hydrogen) atoms. The van der Waals surface area contributed by atoms with Crippen molar-refractivity contribution in [2.45, 2.75) is 30.8 Å². The lowest BCUT2D eigenvalue weighted by molar-refractivity contribution is -0.115. The zero-order valence-electron chi connectivity index (χ0n) is 14.6. The highest BCUT2D eigenvalue weighted by Gasteiger charge is 2.18. The molecule has 1 aromatic carbocycles. The second-order valence-corrected chi connectivity index (χ2v) is 6.89. The maximum Gasteiger partial charge on any atom is 0.275 e. The molecule has 0 aliphatic heterocycles. The van der Waals surface area contributed by atoms with Crippen LogP contribution >= 0.6 is 11.8 Å². The van der Waals surface area contributed by atoms with Crippen LogP contribution in [-0.2, 0) is 11.3 Å². The topological polar surface area (TPSA) is 107 Å². The molecule has 0 saturated heterocycles. The van der Waals surface area contributed by atoms with E-state index in [9.17, 15) is 14.4 Å². The first kappa shape index (κ1) is 19.5. The number of carbonyl (C=O) groups excluding carboxylic acids is 2. The summed E-state index contributed by atoms with van der Waals surface area (Å²) in [6.07, 6.45) is 1.63. The summed E-state index contributed by atoms with van der Waals surface area (Å²) in [5.74, 6) is -0.0352. The van der Waals surface area contributed by atoms with Crippen LogP contribution in [0.15, 0.2) is 52.9 Å². The van der Waals surface area contributed by atoms with Gasteiger partial charge >= 0.3 is 0 Å². The highest BCUT2D eigenvalue weighted by atomic mass is 32.2. The van der Waals surface area contributed by atoms with Gasteiger partial charge in [0.15, 0.2) is 10.9 Å². The standard InChI is InChI=1S/C18H20N4O3S/c1-4-9-22-15(19)10-16(24)21-18(22)26-12(3)17(25)20-14-7-5-13(6-8-14)11(2)23/h4-8,10,12H,1,9,19H2,2-3H3,(H,20,25)/t12-/m0/s1. The predicted octanol–water partition coefficient (Wildman–Crippen LogP) is 2.33. The third-order valence-electron chi connectivity index (χ3n) is 3.54. The van der Waals surface area contributed by atoms with Gasteiger partial charge < -0.3 is 15.6 Å². The molecule has 2 rings (SSSR count). The number of ketones is 1. The number of amides is 1. The van der Waals surface area contributed by atoms with Gasteiger partial charge in [-0.05, 0) is 38.1 Å². The van der Waals surface area contributed by atoms with Gasteiger partial charge in [-0.25, -0.2) is 0 Å². The van der Waals surface area contributed by atoms with Gasteiger partial charge in [0.2, 0.25) is 5.91 Å². The van der Waals surface area contributed by atoms with Crippen molar-refractivity contribution in [2.75, 3.05) is 11.1 Å². The van der Waals surface area contributed by atoms with E-state index in [-0.39, 0.29) is 17.5 Å². The van der Waals surface area contributed by atoms with E-state index in [0.717, 1.165) is 11.8 Å². The van der Waals surface area contributed by atoms with E-state index in [1.807, 2.05) is 0 Å². The Hall–Kier alpha value is -2.87. The lowest BCUT2D eigenvalue weighted by atomic mass is 10.1. The summed E-state index contributed by atoms with van der Waals surface area (Å²) in [6, 6.07) is 7.86. The Bertz CT molecular complexity index is 890. The number of benzene rings is 1. The quantitative estimate of drug-likeness (QED) is 0.334. The van der Waals surface area contributed by atoms with Crippen LogP contribution in [0, 0.1) is 0 Å². The number of hydrogen-bond acceptors (Lipinski definition) is 6. The van der Waals surface area contributed by atoms with E-state index in [1.54, 1.807) is 41.8 Å². The Labute approximate surface area is 155 Å². The number of nitrogens with zero attached hydrogens (tertiary/aromatic N) is 2. The second-order valence-electron chi connectivity index (χ2n) is 5.58. The molecule has 7 nitrogen and oxygen atoms in total. The summed E-state index contributed by atoms with van der Waals surface area (Å²) < 4.78 is 1.62. The van der Waals surface area contributed by atoms with Crippen LogP contribution in [0.4, 0.5) is 11.5 Å². The number of hydrogen-bond donors (Lipinski definition) is 2. The first-order valence-electron chi connectivity index (χ1n) is 7.88. The average Bonchev–Trinajstić information content (AvgIpc) is 2.58. The lowest BCUT2D eigenvalue weighted by Gasteiger charge is -2.16. The number of rotatable bonds is 7. The number of thioether (sulfide) groups is 1.